The zero-order valence-corrected chi connectivity index (χ0v) is 6.51. The van der Waals surface area contributed by atoms with Gasteiger partial charge >= 0.3 is 0 Å². The van der Waals surface area contributed by atoms with Crippen molar-refractivity contribution in [2.24, 2.45) is 17.3 Å². The summed E-state index contributed by atoms with van der Waals surface area (Å²) in [5, 5.41) is 0. The maximum absolute atomic E-state index is 3.87. The van der Waals surface area contributed by atoms with Gasteiger partial charge in [0.05, 0.1) is 0 Å². The second-order valence-electron chi connectivity index (χ2n) is 3.91. The van der Waals surface area contributed by atoms with E-state index < -0.39 is 0 Å². The second-order valence-corrected chi connectivity index (χ2v) is 3.91. The lowest BCUT2D eigenvalue weighted by Gasteiger charge is -2.24. The normalized spacial score (nSPS) is 50.1. The van der Waals surface area contributed by atoms with Crippen molar-refractivity contribution < 1.29 is 0 Å². The molecule has 0 heteroatoms. The maximum Gasteiger partial charge on any atom is -0.00780 e. The molecule has 0 aromatic rings. The lowest BCUT2D eigenvalue weighted by molar-refractivity contribution is 0.369. The van der Waals surface area contributed by atoms with Gasteiger partial charge in [-0.15, -0.1) is 6.58 Å². The van der Waals surface area contributed by atoms with Gasteiger partial charge < -0.3 is 0 Å². The Kier molecular flexibility index (Phi) is 1.08. The molecule has 0 unspecified atom stereocenters. The molecule has 0 N–H and O–H groups in total. The summed E-state index contributed by atoms with van der Waals surface area (Å²) in [7, 11) is 0. The van der Waals surface area contributed by atoms with Crippen LogP contribution in [0.4, 0.5) is 0 Å². The Morgan fingerprint density at radius 1 is 1.70 bits per heavy atom. The summed E-state index contributed by atoms with van der Waals surface area (Å²) >= 11 is 0. The zero-order chi connectivity index (χ0) is 7.19. The van der Waals surface area contributed by atoms with E-state index in [-0.39, 0.29) is 0 Å². The second kappa shape index (κ2) is 1.75. The van der Waals surface area contributed by atoms with Crippen molar-refractivity contribution in [2.45, 2.75) is 19.8 Å². The first-order chi connectivity index (χ1) is 4.74. The predicted molar refractivity (Wildman–Crippen MR) is 43.7 cm³/mol. The van der Waals surface area contributed by atoms with E-state index in [1.807, 2.05) is 0 Å². The number of fused-ring (bicyclic) bond motifs is 2. The largest absolute Gasteiger partial charge is 0.103 e. The van der Waals surface area contributed by atoms with E-state index in [4.69, 9.17) is 0 Å². The molecule has 0 radical (unpaired) electrons. The lowest BCUT2D eigenvalue weighted by Crippen LogP contribution is -2.15. The fourth-order valence-electron chi connectivity index (χ4n) is 2.45. The van der Waals surface area contributed by atoms with Crippen molar-refractivity contribution in [3.05, 3.63) is 24.8 Å². The average Bonchev–Trinajstić information content (AvgIpc) is 2.41. The number of hydrogen-bond donors (Lipinski definition) is 0. The molecular formula is C10H14. The van der Waals surface area contributed by atoms with E-state index in [0.717, 1.165) is 11.8 Å². The molecule has 1 saturated carbocycles. The quantitative estimate of drug-likeness (QED) is 0.484. The van der Waals surface area contributed by atoms with E-state index in [1.54, 1.807) is 0 Å². The van der Waals surface area contributed by atoms with Crippen molar-refractivity contribution in [1.29, 1.82) is 0 Å². The van der Waals surface area contributed by atoms with Crippen LogP contribution in [0.15, 0.2) is 24.8 Å². The molecular weight excluding hydrogens is 120 g/mol. The standard InChI is InChI=1S/C10H14/c1-3-9-6-8-4-5-10(9,2)7-8/h3-5,8-9H,1,6-7H2,2H3/t8-,9+,10-/m0/s1. The Bertz CT molecular complexity index is 190. The van der Waals surface area contributed by atoms with Crippen LogP contribution < -0.4 is 0 Å². The first kappa shape index (κ1) is 6.21. The van der Waals surface area contributed by atoms with Crippen LogP contribution in [0.2, 0.25) is 0 Å². The summed E-state index contributed by atoms with van der Waals surface area (Å²) in [4.78, 5) is 0. The van der Waals surface area contributed by atoms with Crippen LogP contribution in [0.3, 0.4) is 0 Å². The molecule has 10 heavy (non-hydrogen) atoms. The van der Waals surface area contributed by atoms with Crippen molar-refractivity contribution in [3.63, 3.8) is 0 Å². The third kappa shape index (κ3) is 0.622. The van der Waals surface area contributed by atoms with Gasteiger partial charge in [-0.25, -0.2) is 0 Å². The number of rotatable bonds is 1. The predicted octanol–water partition coefficient (Wildman–Crippen LogP) is 2.77. The van der Waals surface area contributed by atoms with Crippen LogP contribution in [0.5, 0.6) is 0 Å². The Balaban J connectivity index is 2.31. The van der Waals surface area contributed by atoms with Crippen LogP contribution in [0, 0.1) is 17.3 Å². The Labute approximate surface area is 62.6 Å². The molecule has 2 aliphatic rings. The van der Waals surface area contributed by atoms with Gasteiger partial charge in [-0.1, -0.05) is 25.2 Å². The molecule has 0 saturated heterocycles. The van der Waals surface area contributed by atoms with Gasteiger partial charge in [0.15, 0.2) is 0 Å². The molecule has 0 spiro atoms. The van der Waals surface area contributed by atoms with Gasteiger partial charge in [0, 0.05) is 0 Å². The molecule has 54 valence electrons. The Morgan fingerprint density at radius 3 is 2.80 bits per heavy atom. The van der Waals surface area contributed by atoms with E-state index in [1.165, 1.54) is 12.8 Å². The van der Waals surface area contributed by atoms with Gasteiger partial charge in [-0.2, -0.15) is 0 Å². The van der Waals surface area contributed by atoms with Crippen LogP contribution in [0.25, 0.3) is 0 Å². The van der Waals surface area contributed by atoms with E-state index in [2.05, 4.69) is 31.7 Å². The van der Waals surface area contributed by atoms with E-state index in [9.17, 15) is 0 Å². The average molecular weight is 134 g/mol. The molecule has 1 fully saturated rings. The van der Waals surface area contributed by atoms with Crippen LogP contribution >= 0.6 is 0 Å². The monoisotopic (exact) mass is 134 g/mol. The highest BCUT2D eigenvalue weighted by molar-refractivity contribution is 5.19. The molecule has 0 nitrogen and oxygen atoms in total. The minimum atomic E-state index is 0.479. The molecule has 0 aromatic carbocycles. The topological polar surface area (TPSA) is 0 Å². The summed E-state index contributed by atoms with van der Waals surface area (Å²) in [6, 6.07) is 0. The van der Waals surface area contributed by atoms with Gasteiger partial charge in [0.1, 0.15) is 0 Å². The minimum Gasteiger partial charge on any atom is -0.103 e. The van der Waals surface area contributed by atoms with Crippen molar-refractivity contribution in [3.8, 4) is 0 Å². The molecule has 0 amide bonds. The lowest BCUT2D eigenvalue weighted by atomic mass is 9.80. The summed E-state index contributed by atoms with van der Waals surface area (Å²) in [5.74, 6) is 1.62. The van der Waals surface area contributed by atoms with Crippen LogP contribution in [-0.4, -0.2) is 0 Å². The summed E-state index contributed by atoms with van der Waals surface area (Å²) < 4.78 is 0. The molecule has 3 atom stereocenters. The van der Waals surface area contributed by atoms with Crippen molar-refractivity contribution in [1.82, 2.24) is 0 Å². The smallest absolute Gasteiger partial charge is 0.00780 e. The Hall–Kier alpha value is -0.520. The first-order valence-electron chi connectivity index (χ1n) is 4.06. The Morgan fingerprint density at radius 2 is 2.50 bits per heavy atom. The third-order valence-electron chi connectivity index (χ3n) is 3.14. The van der Waals surface area contributed by atoms with Gasteiger partial charge in [-0.05, 0) is 30.1 Å². The SMILES string of the molecule is C=C[C@@H]1C[C@@H]2C=C[C@@]1(C)C2. The molecule has 0 aromatic heterocycles. The summed E-state index contributed by atoms with van der Waals surface area (Å²) in [5.41, 5.74) is 0.479. The van der Waals surface area contributed by atoms with E-state index in [0.29, 0.717) is 5.41 Å². The number of hydrogen-bond acceptors (Lipinski definition) is 0. The highest BCUT2D eigenvalue weighted by Crippen LogP contribution is 2.53. The van der Waals surface area contributed by atoms with Crippen LogP contribution in [-0.2, 0) is 0 Å². The maximum atomic E-state index is 3.87. The number of allylic oxidation sites excluding steroid dienone is 3. The molecule has 2 aliphatic carbocycles. The highest BCUT2D eigenvalue weighted by Gasteiger charge is 2.43. The summed E-state index contributed by atoms with van der Waals surface area (Å²) in [6.07, 6.45) is 9.59. The molecule has 0 heterocycles. The first-order valence-corrected chi connectivity index (χ1v) is 4.06. The molecule has 2 bridgehead atoms. The fourth-order valence-corrected chi connectivity index (χ4v) is 2.45. The minimum absolute atomic E-state index is 0.479. The highest BCUT2D eigenvalue weighted by atomic mass is 14.5. The zero-order valence-electron chi connectivity index (χ0n) is 6.51. The fraction of sp³-hybridized carbons (Fsp3) is 0.600. The third-order valence-corrected chi connectivity index (χ3v) is 3.14. The van der Waals surface area contributed by atoms with Crippen molar-refractivity contribution >= 4 is 0 Å². The van der Waals surface area contributed by atoms with Crippen molar-refractivity contribution in [2.75, 3.05) is 0 Å². The summed E-state index contributed by atoms with van der Waals surface area (Å²) in [6.45, 7) is 6.22. The van der Waals surface area contributed by atoms with E-state index >= 15 is 0 Å². The van der Waals surface area contributed by atoms with Gasteiger partial charge in [0.2, 0.25) is 0 Å². The van der Waals surface area contributed by atoms with Gasteiger partial charge in [0.25, 0.3) is 0 Å². The van der Waals surface area contributed by atoms with Gasteiger partial charge in [-0.3, -0.25) is 0 Å². The van der Waals surface area contributed by atoms with Crippen LogP contribution in [0.1, 0.15) is 19.8 Å². The molecule has 0 aliphatic heterocycles. The molecule has 2 rings (SSSR count).